The molecule has 5 heterocycles. The van der Waals surface area contributed by atoms with E-state index < -0.39 is 11.2 Å². The van der Waals surface area contributed by atoms with Crippen LogP contribution in [0.1, 0.15) is 91.8 Å². The number of nitrogens with zero attached hydrogens (tertiary/aromatic N) is 5. The first-order valence-electron chi connectivity index (χ1n) is 20.1. The zero-order chi connectivity index (χ0) is 39.3. The Morgan fingerprint density at radius 1 is 0.818 bits per heavy atom. The van der Waals surface area contributed by atoms with E-state index in [2.05, 4.69) is 65.0 Å². The molecule has 2 aliphatic rings. The number of thiophene rings is 1. The van der Waals surface area contributed by atoms with Crippen LogP contribution in [0.15, 0.2) is 41.9 Å². The molecule has 11 nitrogen and oxygen atoms in total. The van der Waals surface area contributed by atoms with Crippen LogP contribution in [0.4, 0.5) is 9.59 Å². The number of fused-ring (bicyclic) bond motifs is 1. The number of piperidine rings is 2. The van der Waals surface area contributed by atoms with Gasteiger partial charge in [0.15, 0.2) is 17.3 Å². The maximum atomic E-state index is 12.6. The number of carbonyl (C=O) groups is 2. The molecule has 0 unspecified atom stereocenters. The molecule has 0 saturated carbocycles. The fourth-order valence-electron chi connectivity index (χ4n) is 7.31. The molecule has 2 saturated heterocycles. The van der Waals surface area contributed by atoms with Gasteiger partial charge in [-0.15, -0.1) is 11.3 Å². The molecular weight excluding hydrogens is 715 g/mol. The van der Waals surface area contributed by atoms with Gasteiger partial charge in [-0.05, 0) is 134 Å². The van der Waals surface area contributed by atoms with Crippen molar-refractivity contribution in [3.05, 3.63) is 53.2 Å². The third-order valence-corrected chi connectivity index (χ3v) is 11.3. The van der Waals surface area contributed by atoms with Gasteiger partial charge in [-0.1, -0.05) is 13.0 Å². The molecule has 0 bridgehead atoms. The van der Waals surface area contributed by atoms with Crippen LogP contribution in [-0.4, -0.2) is 86.7 Å². The topological polar surface area (TPSA) is 100 Å². The highest BCUT2D eigenvalue weighted by atomic mass is 32.1. The summed E-state index contributed by atoms with van der Waals surface area (Å²) in [5, 5.41) is 2.14. The second-order valence-corrected chi connectivity index (χ2v) is 18.1. The Labute approximate surface area is 330 Å². The van der Waals surface area contributed by atoms with Crippen molar-refractivity contribution in [2.75, 3.05) is 39.4 Å². The monoisotopic (exact) mass is 775 g/mol. The van der Waals surface area contributed by atoms with E-state index in [4.69, 9.17) is 23.9 Å². The molecule has 6 rings (SSSR count). The van der Waals surface area contributed by atoms with Gasteiger partial charge in [0.25, 0.3) is 0 Å². The van der Waals surface area contributed by atoms with Gasteiger partial charge in [-0.25, -0.2) is 14.6 Å². The van der Waals surface area contributed by atoms with E-state index >= 15 is 0 Å². The number of rotatable bonds is 12. The van der Waals surface area contributed by atoms with Crippen LogP contribution in [0, 0.1) is 11.8 Å². The summed E-state index contributed by atoms with van der Waals surface area (Å²) in [6.45, 7) is 18.2. The molecule has 2 amide bonds. The molecule has 4 aromatic rings. The van der Waals surface area contributed by atoms with Crippen molar-refractivity contribution >= 4 is 33.7 Å². The molecule has 3 aromatic heterocycles. The van der Waals surface area contributed by atoms with E-state index in [9.17, 15) is 9.59 Å². The molecule has 0 radical (unpaired) electrons. The molecule has 1 aromatic carbocycles. The van der Waals surface area contributed by atoms with Crippen molar-refractivity contribution in [2.45, 2.75) is 111 Å². The number of likely N-dealkylation sites (tertiary alicyclic amines) is 2. The number of aryl methyl sites for hydroxylation is 4. The first-order chi connectivity index (χ1) is 26.2. The summed E-state index contributed by atoms with van der Waals surface area (Å²) >= 11 is 1.76. The van der Waals surface area contributed by atoms with Gasteiger partial charge in [-0.2, -0.15) is 0 Å². The van der Waals surface area contributed by atoms with Crippen molar-refractivity contribution in [1.29, 1.82) is 0 Å². The second-order valence-electron chi connectivity index (χ2n) is 17.2. The van der Waals surface area contributed by atoms with Crippen LogP contribution in [0.5, 0.6) is 11.5 Å². The van der Waals surface area contributed by atoms with Crippen molar-refractivity contribution < 1.29 is 28.5 Å². The summed E-state index contributed by atoms with van der Waals surface area (Å²) in [5.41, 5.74) is 3.67. The van der Waals surface area contributed by atoms with E-state index in [1.807, 2.05) is 41.5 Å². The first-order valence-corrected chi connectivity index (χ1v) is 21.0. The Balaban J connectivity index is 1.09. The number of hydrogen-bond acceptors (Lipinski definition) is 8. The van der Waals surface area contributed by atoms with E-state index in [0.29, 0.717) is 51.2 Å². The van der Waals surface area contributed by atoms with Crippen LogP contribution in [-0.2, 0) is 35.9 Å². The minimum atomic E-state index is -0.508. The fourth-order valence-corrected chi connectivity index (χ4v) is 8.16. The van der Waals surface area contributed by atoms with Gasteiger partial charge in [0, 0.05) is 46.0 Å². The number of benzene rings is 1. The number of amides is 2. The van der Waals surface area contributed by atoms with Gasteiger partial charge in [0.2, 0.25) is 0 Å². The smallest absolute Gasteiger partial charge is 0.410 e. The van der Waals surface area contributed by atoms with Gasteiger partial charge in [0.1, 0.15) is 11.2 Å². The third kappa shape index (κ3) is 10.8. The molecule has 0 spiro atoms. The predicted octanol–water partition coefficient (Wildman–Crippen LogP) is 9.35. The lowest BCUT2D eigenvalue weighted by Crippen LogP contribution is -2.42. The number of aromatic nitrogens is 3. The zero-order valence-electron chi connectivity index (χ0n) is 34.2. The summed E-state index contributed by atoms with van der Waals surface area (Å²) < 4.78 is 30.1. The standard InChI is InChI=1S/C43H61N5O6S/c1-9-33-27-48(39(44-33)35-26-38-34(45(35)8)18-24-55-38)19-10-11-30-12-13-36(51-28-31-14-20-46(21-15-31)40(49)53-42(2,3)4)37(25-30)52-29-32-16-22-47(23-17-32)41(50)54-43(5,6)7/h12-13,18,24-27,31-32H,9-11,14-17,19-23,28-29H2,1-8H3. The molecule has 2 fully saturated rings. The van der Waals surface area contributed by atoms with Gasteiger partial charge in [0.05, 0.1) is 34.8 Å². The Morgan fingerprint density at radius 3 is 1.95 bits per heavy atom. The molecule has 0 aliphatic carbocycles. The minimum absolute atomic E-state index is 0.245. The SMILES string of the molecule is CCc1cn(CCCc2ccc(OCC3CCN(C(=O)OC(C)(C)C)CC3)c(OCC3CCN(C(=O)OC(C)(C)C)CC3)c2)c(-c2cc3sccc3n2C)n1. The quantitative estimate of drug-likeness (QED) is 0.141. The van der Waals surface area contributed by atoms with E-state index in [1.165, 1.54) is 15.8 Å². The Morgan fingerprint density at radius 2 is 1.40 bits per heavy atom. The molecule has 0 N–H and O–H groups in total. The van der Waals surface area contributed by atoms with Crippen LogP contribution < -0.4 is 9.47 Å². The summed E-state index contributed by atoms with van der Waals surface area (Å²) in [4.78, 5) is 33.9. The Kier molecular flexibility index (Phi) is 12.7. The van der Waals surface area contributed by atoms with Crippen LogP contribution in [0.3, 0.4) is 0 Å². The highest BCUT2D eigenvalue weighted by Crippen LogP contribution is 2.33. The second kappa shape index (κ2) is 17.3. The number of imidazole rings is 1. The fraction of sp³-hybridized carbons (Fsp3) is 0.605. The van der Waals surface area contributed by atoms with Crippen molar-refractivity contribution in [1.82, 2.24) is 23.9 Å². The maximum absolute atomic E-state index is 12.6. The van der Waals surface area contributed by atoms with E-state index in [-0.39, 0.29) is 12.2 Å². The highest BCUT2D eigenvalue weighted by molar-refractivity contribution is 7.17. The molecule has 12 heteroatoms. The van der Waals surface area contributed by atoms with Crippen molar-refractivity contribution in [3.8, 4) is 23.0 Å². The molecular formula is C43H61N5O6S. The van der Waals surface area contributed by atoms with Gasteiger partial charge >= 0.3 is 12.2 Å². The zero-order valence-corrected chi connectivity index (χ0v) is 35.0. The minimum Gasteiger partial charge on any atom is -0.489 e. The summed E-state index contributed by atoms with van der Waals surface area (Å²) in [5.74, 6) is 3.19. The first kappa shape index (κ1) is 40.5. The third-order valence-electron chi connectivity index (χ3n) is 10.4. The van der Waals surface area contributed by atoms with Gasteiger partial charge in [-0.3, -0.25) is 0 Å². The summed E-state index contributed by atoms with van der Waals surface area (Å²) in [6.07, 6.45) is 7.88. The largest absolute Gasteiger partial charge is 0.489 e. The average molecular weight is 776 g/mol. The molecule has 300 valence electrons. The highest BCUT2D eigenvalue weighted by Gasteiger charge is 2.29. The molecule has 55 heavy (non-hydrogen) atoms. The van der Waals surface area contributed by atoms with E-state index in [1.54, 1.807) is 21.1 Å². The average Bonchev–Trinajstić information content (AvgIpc) is 3.85. The van der Waals surface area contributed by atoms with Crippen LogP contribution >= 0.6 is 11.3 Å². The molecule has 2 aliphatic heterocycles. The van der Waals surface area contributed by atoms with Crippen molar-refractivity contribution in [2.24, 2.45) is 18.9 Å². The Bertz CT molecular complexity index is 1900. The lowest BCUT2D eigenvalue weighted by molar-refractivity contribution is 0.0150. The predicted molar refractivity (Wildman–Crippen MR) is 218 cm³/mol. The normalized spacial score (nSPS) is 16.1. The van der Waals surface area contributed by atoms with Crippen LogP contribution in [0.25, 0.3) is 21.7 Å². The molecule has 0 atom stereocenters. The van der Waals surface area contributed by atoms with Crippen LogP contribution in [0.2, 0.25) is 0 Å². The number of ether oxygens (including phenoxy) is 4. The number of carbonyl (C=O) groups excluding carboxylic acids is 2. The summed E-state index contributed by atoms with van der Waals surface area (Å²) in [7, 11) is 2.12. The maximum Gasteiger partial charge on any atom is 0.410 e. The lowest BCUT2D eigenvalue weighted by Gasteiger charge is -2.33. The van der Waals surface area contributed by atoms with Crippen molar-refractivity contribution in [3.63, 3.8) is 0 Å². The van der Waals surface area contributed by atoms with E-state index in [0.717, 1.165) is 80.2 Å². The number of hydrogen-bond donors (Lipinski definition) is 0. The Hall–Kier alpha value is -4.19. The lowest BCUT2D eigenvalue weighted by atomic mass is 9.98. The summed E-state index contributed by atoms with van der Waals surface area (Å²) in [6, 6.07) is 10.8. The van der Waals surface area contributed by atoms with Gasteiger partial charge < -0.3 is 37.9 Å².